The quantitative estimate of drug-likeness (QED) is 0.651. The van der Waals surface area contributed by atoms with Gasteiger partial charge in [-0.15, -0.1) is 0 Å². The van der Waals surface area contributed by atoms with E-state index in [1.54, 1.807) is 4.90 Å². The Morgan fingerprint density at radius 1 is 1.25 bits per heavy atom. The minimum Gasteiger partial charge on any atom is -0.494 e. The van der Waals surface area contributed by atoms with Crippen LogP contribution in [0.4, 0.5) is 0 Å². The van der Waals surface area contributed by atoms with Crippen molar-refractivity contribution in [3.63, 3.8) is 0 Å². The van der Waals surface area contributed by atoms with Gasteiger partial charge in [0, 0.05) is 12.6 Å². The van der Waals surface area contributed by atoms with Crippen LogP contribution in [-0.4, -0.2) is 40.1 Å². The largest absolute Gasteiger partial charge is 0.494 e. The van der Waals surface area contributed by atoms with E-state index < -0.39 is 0 Å². The van der Waals surface area contributed by atoms with Crippen LogP contribution in [0.5, 0.6) is 11.5 Å². The highest BCUT2D eigenvalue weighted by atomic mass is 32.2. The minimum absolute atomic E-state index is 0.107. The van der Waals surface area contributed by atoms with E-state index in [2.05, 4.69) is 13.8 Å². The van der Waals surface area contributed by atoms with E-state index >= 15 is 0 Å². The van der Waals surface area contributed by atoms with E-state index in [9.17, 15) is 4.79 Å². The fourth-order valence-electron chi connectivity index (χ4n) is 2.61. The van der Waals surface area contributed by atoms with E-state index in [0.717, 1.165) is 17.1 Å². The lowest BCUT2D eigenvalue weighted by Gasteiger charge is -2.18. The minimum atomic E-state index is -0.173. The zero-order valence-electron chi connectivity index (χ0n) is 14.7. The molecule has 1 amide bonds. The monoisotopic (exact) mass is 367 g/mol. The van der Waals surface area contributed by atoms with Crippen LogP contribution >= 0.6 is 24.0 Å². The van der Waals surface area contributed by atoms with Gasteiger partial charge >= 0.3 is 0 Å². The van der Waals surface area contributed by atoms with Gasteiger partial charge in [-0.1, -0.05) is 43.9 Å². The highest BCUT2D eigenvalue weighted by Gasteiger charge is 2.37. The molecule has 132 valence electrons. The second kappa shape index (κ2) is 8.72. The normalized spacial score (nSPS) is 17.7. The van der Waals surface area contributed by atoms with Crippen LogP contribution in [-0.2, 0) is 11.2 Å². The van der Waals surface area contributed by atoms with Crippen LogP contribution < -0.4 is 9.47 Å². The lowest BCUT2D eigenvalue weighted by Crippen LogP contribution is -2.34. The molecule has 0 bridgehead atoms. The van der Waals surface area contributed by atoms with Gasteiger partial charge in [0.1, 0.15) is 15.8 Å². The molecular formula is C18H25NO3S2. The predicted octanol–water partition coefficient (Wildman–Crippen LogP) is 3.91. The second-order valence-electron chi connectivity index (χ2n) is 6.05. The fourth-order valence-corrected chi connectivity index (χ4v) is 4.15. The molecule has 1 aromatic rings. The molecule has 4 nitrogen and oxygen atoms in total. The predicted molar refractivity (Wildman–Crippen MR) is 103 cm³/mol. The Bertz CT molecular complexity index is 604. The second-order valence-corrected chi connectivity index (χ2v) is 7.89. The van der Waals surface area contributed by atoms with Gasteiger partial charge in [0.15, 0.2) is 0 Å². The molecule has 0 spiro atoms. The van der Waals surface area contributed by atoms with Crippen molar-refractivity contribution in [2.75, 3.05) is 19.8 Å². The summed E-state index contributed by atoms with van der Waals surface area (Å²) in [6, 6.07) is 5.81. The first-order valence-electron chi connectivity index (χ1n) is 8.36. The molecule has 1 saturated heterocycles. The molecule has 6 heteroatoms. The molecule has 1 heterocycles. The molecule has 24 heavy (non-hydrogen) atoms. The number of rotatable bonds is 8. The van der Waals surface area contributed by atoms with Crippen molar-refractivity contribution in [3.05, 3.63) is 23.8 Å². The van der Waals surface area contributed by atoms with Crippen molar-refractivity contribution in [1.82, 2.24) is 4.90 Å². The number of hydrogen-bond acceptors (Lipinski definition) is 5. The number of ether oxygens (including phenoxy) is 2. The first-order chi connectivity index (χ1) is 11.5. The SMILES string of the molecule is CCOc1ccc(C[C@@H]2SC(=S)N(CC(C)C)C2=O)c(OCC)c1. The van der Waals surface area contributed by atoms with E-state index in [1.165, 1.54) is 11.8 Å². The van der Waals surface area contributed by atoms with Gasteiger partial charge in [-0.05, 0) is 37.8 Å². The molecule has 1 aromatic carbocycles. The number of carbonyl (C=O) groups is 1. The van der Waals surface area contributed by atoms with Crippen LogP contribution in [0.15, 0.2) is 18.2 Å². The Hall–Kier alpha value is -1.27. The Morgan fingerprint density at radius 2 is 1.96 bits per heavy atom. The zero-order chi connectivity index (χ0) is 17.7. The summed E-state index contributed by atoms with van der Waals surface area (Å²) in [4.78, 5) is 14.4. The molecule has 2 rings (SSSR count). The molecule has 1 aliphatic heterocycles. The highest BCUT2D eigenvalue weighted by Crippen LogP contribution is 2.34. The lowest BCUT2D eigenvalue weighted by molar-refractivity contribution is -0.126. The number of nitrogens with zero attached hydrogens (tertiary/aromatic N) is 1. The first kappa shape index (κ1) is 19.1. The summed E-state index contributed by atoms with van der Waals surface area (Å²) in [6.45, 7) is 9.95. The maximum atomic E-state index is 12.6. The summed E-state index contributed by atoms with van der Waals surface area (Å²) >= 11 is 6.87. The Morgan fingerprint density at radius 3 is 2.58 bits per heavy atom. The van der Waals surface area contributed by atoms with Crippen molar-refractivity contribution in [2.45, 2.75) is 39.4 Å². The fraction of sp³-hybridized carbons (Fsp3) is 0.556. The van der Waals surface area contributed by atoms with E-state index in [4.69, 9.17) is 21.7 Å². The van der Waals surface area contributed by atoms with Crippen LogP contribution in [0.25, 0.3) is 0 Å². The number of amides is 1. The summed E-state index contributed by atoms with van der Waals surface area (Å²) in [5.74, 6) is 2.07. The number of thioether (sulfide) groups is 1. The Kier molecular flexibility index (Phi) is 6.92. The molecule has 0 radical (unpaired) electrons. The number of hydrogen-bond donors (Lipinski definition) is 0. The molecule has 1 aliphatic rings. The third-order valence-electron chi connectivity index (χ3n) is 3.61. The molecule has 0 saturated carbocycles. The molecule has 1 fully saturated rings. The Balaban J connectivity index is 2.15. The standard InChI is InChI=1S/C18H25NO3S2/c1-5-21-14-8-7-13(15(10-14)22-6-2)9-16-17(20)19(11-12(3)4)18(23)24-16/h7-8,10,12,16H,5-6,9,11H2,1-4H3/t16-/m0/s1. The molecule has 0 unspecified atom stereocenters. The molecule has 0 aliphatic carbocycles. The van der Waals surface area contributed by atoms with Crippen LogP contribution in [0.3, 0.4) is 0 Å². The third-order valence-corrected chi connectivity index (χ3v) is 5.19. The van der Waals surface area contributed by atoms with Crippen molar-refractivity contribution in [2.24, 2.45) is 5.92 Å². The third kappa shape index (κ3) is 4.63. The Labute approximate surface area is 153 Å². The molecule has 0 N–H and O–H groups in total. The first-order valence-corrected chi connectivity index (χ1v) is 9.65. The summed E-state index contributed by atoms with van der Waals surface area (Å²) in [7, 11) is 0. The van der Waals surface area contributed by atoms with Crippen LogP contribution in [0, 0.1) is 5.92 Å². The average Bonchev–Trinajstić information content (AvgIpc) is 2.77. The van der Waals surface area contributed by atoms with E-state index in [-0.39, 0.29) is 11.2 Å². The summed E-state index contributed by atoms with van der Waals surface area (Å²) in [5.41, 5.74) is 1.01. The van der Waals surface area contributed by atoms with Gasteiger partial charge in [0.2, 0.25) is 5.91 Å². The van der Waals surface area contributed by atoms with Gasteiger partial charge in [0.05, 0.1) is 18.5 Å². The lowest BCUT2D eigenvalue weighted by atomic mass is 10.1. The number of thiocarbonyl (C=S) groups is 1. The number of carbonyl (C=O) groups excluding carboxylic acids is 1. The van der Waals surface area contributed by atoms with Crippen LogP contribution in [0.1, 0.15) is 33.3 Å². The number of benzene rings is 1. The highest BCUT2D eigenvalue weighted by molar-refractivity contribution is 8.24. The van der Waals surface area contributed by atoms with Crippen molar-refractivity contribution < 1.29 is 14.3 Å². The van der Waals surface area contributed by atoms with Gasteiger partial charge in [0.25, 0.3) is 0 Å². The summed E-state index contributed by atoms with van der Waals surface area (Å²) in [5, 5.41) is -0.173. The van der Waals surface area contributed by atoms with Crippen molar-refractivity contribution in [3.8, 4) is 11.5 Å². The van der Waals surface area contributed by atoms with E-state index in [0.29, 0.717) is 36.4 Å². The topological polar surface area (TPSA) is 38.8 Å². The molecular weight excluding hydrogens is 342 g/mol. The van der Waals surface area contributed by atoms with Gasteiger partial charge in [-0.3, -0.25) is 9.69 Å². The van der Waals surface area contributed by atoms with Gasteiger partial charge < -0.3 is 9.47 Å². The maximum absolute atomic E-state index is 12.6. The van der Waals surface area contributed by atoms with E-state index in [1.807, 2.05) is 32.0 Å². The van der Waals surface area contributed by atoms with Crippen molar-refractivity contribution in [1.29, 1.82) is 0 Å². The summed E-state index contributed by atoms with van der Waals surface area (Å²) < 4.78 is 12.0. The zero-order valence-corrected chi connectivity index (χ0v) is 16.3. The van der Waals surface area contributed by atoms with Crippen LogP contribution in [0.2, 0.25) is 0 Å². The van der Waals surface area contributed by atoms with Gasteiger partial charge in [-0.2, -0.15) is 0 Å². The average molecular weight is 368 g/mol. The van der Waals surface area contributed by atoms with Crippen molar-refractivity contribution >= 4 is 34.2 Å². The molecule has 1 atom stereocenters. The van der Waals surface area contributed by atoms with Gasteiger partial charge in [-0.25, -0.2) is 0 Å². The maximum Gasteiger partial charge on any atom is 0.241 e. The summed E-state index contributed by atoms with van der Waals surface area (Å²) in [6.07, 6.45) is 0.611. The smallest absolute Gasteiger partial charge is 0.241 e. The molecule has 0 aromatic heterocycles.